The number of nitrogens with two attached hydrogens (primary N) is 1. The zero-order chi connectivity index (χ0) is 19.9. The molecule has 0 aliphatic rings. The maximum atomic E-state index is 13.0. The van der Waals surface area contributed by atoms with Gasteiger partial charge in [0.15, 0.2) is 9.84 Å². The maximum Gasteiger partial charge on any atom is 0.416 e. The Morgan fingerprint density at radius 1 is 1.31 bits per heavy atom. The van der Waals surface area contributed by atoms with Crippen LogP contribution < -0.4 is 5.73 Å². The minimum atomic E-state index is -4.74. The largest absolute Gasteiger partial charge is 0.477 e. The van der Waals surface area contributed by atoms with Crippen molar-refractivity contribution in [3.05, 3.63) is 35.0 Å². The van der Waals surface area contributed by atoms with Gasteiger partial charge in [-0.1, -0.05) is 13.8 Å². The van der Waals surface area contributed by atoms with Crippen molar-refractivity contribution in [2.75, 3.05) is 11.5 Å². The Morgan fingerprint density at radius 3 is 2.35 bits per heavy atom. The van der Waals surface area contributed by atoms with Gasteiger partial charge in [-0.15, -0.1) is 0 Å². The second kappa shape index (κ2) is 6.63. The number of hydrogen-bond acceptors (Lipinski definition) is 5. The molecular formula is C15H16F3N3O4S. The third kappa shape index (κ3) is 3.39. The van der Waals surface area contributed by atoms with Crippen LogP contribution >= 0.6 is 0 Å². The van der Waals surface area contributed by atoms with Gasteiger partial charge < -0.3 is 10.8 Å². The highest BCUT2D eigenvalue weighted by Gasteiger charge is 2.33. The van der Waals surface area contributed by atoms with Gasteiger partial charge in [0.25, 0.3) is 0 Å². The average molecular weight is 391 g/mol. The van der Waals surface area contributed by atoms with Gasteiger partial charge in [0.1, 0.15) is 11.4 Å². The molecule has 0 saturated carbocycles. The predicted octanol–water partition coefficient (Wildman–Crippen LogP) is 2.53. The molecular weight excluding hydrogens is 375 g/mol. The number of aryl methyl sites for hydroxylation is 1. The summed E-state index contributed by atoms with van der Waals surface area (Å²) in [5, 5.41) is 13.2. The summed E-state index contributed by atoms with van der Waals surface area (Å²) in [5.74, 6) is -2.17. The second-order valence-corrected chi connectivity index (χ2v) is 7.61. The Morgan fingerprint density at radius 2 is 1.92 bits per heavy atom. The third-order valence-electron chi connectivity index (χ3n) is 3.77. The number of nitrogens with zero attached hydrogens (tertiary/aromatic N) is 2. The summed E-state index contributed by atoms with van der Waals surface area (Å²) in [6, 6.07) is 2.11. The van der Waals surface area contributed by atoms with E-state index < -0.39 is 38.2 Å². The maximum absolute atomic E-state index is 13.0. The van der Waals surface area contributed by atoms with Gasteiger partial charge in [0.2, 0.25) is 0 Å². The molecule has 1 aromatic carbocycles. The molecule has 0 aliphatic carbocycles. The van der Waals surface area contributed by atoms with Crippen molar-refractivity contribution in [1.29, 1.82) is 0 Å². The van der Waals surface area contributed by atoms with Crippen molar-refractivity contribution < 1.29 is 31.5 Å². The molecule has 0 bridgehead atoms. The highest BCUT2D eigenvalue weighted by Crippen LogP contribution is 2.34. The molecule has 0 spiro atoms. The number of nitrogen functional groups attached to an aromatic ring is 1. The molecule has 0 atom stereocenters. The lowest BCUT2D eigenvalue weighted by Crippen LogP contribution is -2.14. The first kappa shape index (κ1) is 19.8. The van der Waals surface area contributed by atoms with Crippen LogP contribution in [0.4, 0.5) is 19.0 Å². The zero-order valence-electron chi connectivity index (χ0n) is 13.8. The van der Waals surface area contributed by atoms with Crippen LogP contribution in [0.5, 0.6) is 0 Å². The van der Waals surface area contributed by atoms with Gasteiger partial charge in [-0.3, -0.25) is 0 Å². The van der Waals surface area contributed by atoms with Gasteiger partial charge in [-0.05, 0) is 24.6 Å². The van der Waals surface area contributed by atoms with Gasteiger partial charge in [-0.2, -0.15) is 18.3 Å². The highest BCUT2D eigenvalue weighted by molar-refractivity contribution is 7.91. The van der Waals surface area contributed by atoms with Gasteiger partial charge in [0.05, 0.1) is 27.6 Å². The number of sulfone groups is 1. The molecule has 3 N–H and O–H groups in total. The van der Waals surface area contributed by atoms with Crippen LogP contribution in [0.3, 0.4) is 0 Å². The zero-order valence-corrected chi connectivity index (χ0v) is 14.6. The number of aromatic nitrogens is 2. The fourth-order valence-corrected chi connectivity index (χ4v) is 3.50. The number of hydrogen-bond donors (Lipinski definition) is 2. The van der Waals surface area contributed by atoms with Crippen LogP contribution in [0.1, 0.15) is 35.5 Å². The number of carbonyl (C=O) groups is 1. The van der Waals surface area contributed by atoms with E-state index >= 15 is 0 Å². The van der Waals surface area contributed by atoms with E-state index in [1.807, 2.05) is 0 Å². The summed E-state index contributed by atoms with van der Waals surface area (Å²) < 4.78 is 64.4. The summed E-state index contributed by atoms with van der Waals surface area (Å²) in [5.41, 5.74) is 4.19. The van der Waals surface area contributed by atoms with Crippen LogP contribution in [0.15, 0.2) is 23.1 Å². The quantitative estimate of drug-likeness (QED) is 0.809. The highest BCUT2D eigenvalue weighted by atomic mass is 32.2. The van der Waals surface area contributed by atoms with E-state index in [1.54, 1.807) is 6.92 Å². The fraction of sp³-hybridized carbons (Fsp3) is 0.333. The first-order valence-electron chi connectivity index (χ1n) is 7.49. The third-order valence-corrected chi connectivity index (χ3v) is 5.53. The lowest BCUT2D eigenvalue weighted by molar-refractivity contribution is -0.137. The molecule has 11 heteroatoms. The summed E-state index contributed by atoms with van der Waals surface area (Å²) in [4.78, 5) is 10.7. The molecule has 0 fully saturated rings. The molecule has 26 heavy (non-hydrogen) atoms. The molecule has 142 valence electrons. The minimum absolute atomic E-state index is 0.0924. The Hall–Kier alpha value is -2.56. The van der Waals surface area contributed by atoms with Crippen LogP contribution in [0, 0.1) is 0 Å². The number of carboxylic acid groups (broad SMARTS) is 1. The van der Waals surface area contributed by atoms with Crippen molar-refractivity contribution in [3.8, 4) is 5.69 Å². The van der Waals surface area contributed by atoms with Crippen molar-refractivity contribution in [2.45, 2.75) is 31.3 Å². The number of carboxylic acids is 1. The predicted molar refractivity (Wildman–Crippen MR) is 87.0 cm³/mol. The van der Waals surface area contributed by atoms with Crippen LogP contribution in [0.25, 0.3) is 5.69 Å². The summed E-state index contributed by atoms with van der Waals surface area (Å²) >= 11 is 0. The summed E-state index contributed by atoms with van der Waals surface area (Å²) in [7, 11) is -4.07. The van der Waals surface area contributed by atoms with E-state index in [0.717, 1.165) is 10.7 Å². The molecule has 2 aromatic rings. The standard InChI is InChI=1S/C15H16F3N3O4S/c1-3-9-12(14(22)23)13(19)21(20-9)10-6-5-8(15(16,17)18)7-11(10)26(24,25)4-2/h5-7H,3-4,19H2,1-2H3,(H,22,23). The molecule has 0 amide bonds. The molecule has 1 aromatic heterocycles. The first-order valence-corrected chi connectivity index (χ1v) is 9.14. The Kier molecular flexibility index (Phi) is 5.04. The van der Waals surface area contributed by atoms with Gasteiger partial charge in [-0.25, -0.2) is 17.9 Å². The lowest BCUT2D eigenvalue weighted by atomic mass is 10.2. The number of alkyl halides is 3. The topological polar surface area (TPSA) is 115 Å². The number of anilines is 1. The first-order chi connectivity index (χ1) is 11.9. The van der Waals surface area contributed by atoms with E-state index in [1.165, 1.54) is 6.92 Å². The van der Waals surface area contributed by atoms with Crippen LogP contribution in [-0.2, 0) is 22.4 Å². The van der Waals surface area contributed by atoms with Crippen molar-refractivity contribution in [3.63, 3.8) is 0 Å². The number of rotatable bonds is 5. The second-order valence-electron chi connectivity index (χ2n) is 5.36. The SMILES string of the molecule is CCc1nn(-c2ccc(C(F)(F)F)cc2S(=O)(=O)CC)c(N)c1C(=O)O. The van der Waals surface area contributed by atoms with Crippen molar-refractivity contribution >= 4 is 21.6 Å². The van der Waals surface area contributed by atoms with E-state index in [-0.39, 0.29) is 29.2 Å². The Balaban J connectivity index is 2.85. The normalized spacial score (nSPS) is 12.3. The van der Waals surface area contributed by atoms with Crippen LogP contribution in [-0.4, -0.2) is 35.0 Å². The molecule has 0 radical (unpaired) electrons. The van der Waals surface area contributed by atoms with Crippen molar-refractivity contribution in [2.24, 2.45) is 0 Å². The monoisotopic (exact) mass is 391 g/mol. The summed E-state index contributed by atoms with van der Waals surface area (Å²) in [6.45, 7) is 2.90. The summed E-state index contributed by atoms with van der Waals surface area (Å²) in [6.07, 6.45) is -4.55. The average Bonchev–Trinajstić information content (AvgIpc) is 2.90. The van der Waals surface area contributed by atoms with Gasteiger partial charge >= 0.3 is 12.1 Å². The fourth-order valence-electron chi connectivity index (χ4n) is 2.41. The van der Waals surface area contributed by atoms with Gasteiger partial charge in [0, 0.05) is 0 Å². The van der Waals surface area contributed by atoms with E-state index in [2.05, 4.69) is 5.10 Å². The molecule has 0 saturated heterocycles. The van der Waals surface area contributed by atoms with E-state index in [4.69, 9.17) is 5.73 Å². The smallest absolute Gasteiger partial charge is 0.416 e. The number of benzene rings is 1. The van der Waals surface area contributed by atoms with Crippen molar-refractivity contribution in [1.82, 2.24) is 9.78 Å². The molecule has 1 heterocycles. The van der Waals surface area contributed by atoms with E-state index in [9.17, 15) is 31.5 Å². The molecule has 2 rings (SSSR count). The Labute approximate surface area is 147 Å². The lowest BCUT2D eigenvalue weighted by Gasteiger charge is -2.14. The molecule has 0 aliphatic heterocycles. The Bertz CT molecular complexity index is 965. The minimum Gasteiger partial charge on any atom is -0.477 e. The van der Waals surface area contributed by atoms with Crippen LogP contribution in [0.2, 0.25) is 0 Å². The van der Waals surface area contributed by atoms with E-state index in [0.29, 0.717) is 12.1 Å². The molecule has 7 nitrogen and oxygen atoms in total. The number of aromatic carboxylic acids is 1. The number of halogens is 3. The molecule has 0 unspecified atom stereocenters.